The lowest BCUT2D eigenvalue weighted by molar-refractivity contribution is 0.142. The molecule has 0 aromatic heterocycles. The lowest BCUT2D eigenvalue weighted by Crippen LogP contribution is -2.48. The Kier molecular flexibility index (Phi) is 8.58. The molecule has 0 amide bonds. The Morgan fingerprint density at radius 3 is 2.43 bits per heavy atom. The van der Waals surface area contributed by atoms with Crippen molar-refractivity contribution in [2.24, 2.45) is 0 Å². The van der Waals surface area contributed by atoms with Crippen molar-refractivity contribution in [1.82, 2.24) is 10.2 Å². The van der Waals surface area contributed by atoms with Gasteiger partial charge in [0.1, 0.15) is 0 Å². The molecule has 0 saturated carbocycles. The topological polar surface area (TPSA) is 35.5 Å². The van der Waals surface area contributed by atoms with Crippen LogP contribution in [0, 0.1) is 0 Å². The van der Waals surface area contributed by atoms with Crippen LogP contribution in [0.4, 0.5) is 0 Å². The summed E-state index contributed by atoms with van der Waals surface area (Å²) in [6.45, 7) is 7.57. The lowest BCUT2D eigenvalue weighted by atomic mass is 9.91. The molecule has 1 atom stereocenters. The molecule has 0 bridgehead atoms. The standard InChI is InChI=1S/C18H32N2O/c1-4-18(16-21,19-5-2)13-9-14-20(3)15-12-17-10-7-6-8-11-17/h6-8,10-11,19,21H,4-5,9,12-16H2,1-3H3. The fraction of sp³-hybridized carbons (Fsp3) is 0.667. The van der Waals surface area contributed by atoms with Crippen LogP contribution >= 0.6 is 0 Å². The van der Waals surface area contributed by atoms with Gasteiger partial charge in [-0.15, -0.1) is 0 Å². The molecule has 0 saturated heterocycles. The summed E-state index contributed by atoms with van der Waals surface area (Å²) in [5, 5.41) is 13.1. The van der Waals surface area contributed by atoms with Crippen LogP contribution < -0.4 is 5.32 Å². The number of nitrogens with one attached hydrogen (secondary N) is 1. The molecule has 1 rings (SSSR count). The molecule has 3 heteroatoms. The third-order valence-corrected chi connectivity index (χ3v) is 4.35. The van der Waals surface area contributed by atoms with Crippen molar-refractivity contribution in [2.75, 3.05) is 33.3 Å². The fourth-order valence-electron chi connectivity index (χ4n) is 2.78. The van der Waals surface area contributed by atoms with Crippen molar-refractivity contribution in [2.45, 2.75) is 45.1 Å². The van der Waals surface area contributed by atoms with Crippen molar-refractivity contribution < 1.29 is 5.11 Å². The summed E-state index contributed by atoms with van der Waals surface area (Å²) in [4.78, 5) is 2.39. The summed E-state index contributed by atoms with van der Waals surface area (Å²) >= 11 is 0. The first kappa shape index (κ1) is 18.1. The zero-order valence-corrected chi connectivity index (χ0v) is 13.9. The third-order valence-electron chi connectivity index (χ3n) is 4.35. The van der Waals surface area contributed by atoms with Gasteiger partial charge in [-0.2, -0.15) is 0 Å². The number of nitrogens with zero attached hydrogens (tertiary/aromatic N) is 1. The van der Waals surface area contributed by atoms with Gasteiger partial charge in [0.05, 0.1) is 6.61 Å². The maximum atomic E-state index is 9.65. The smallest absolute Gasteiger partial charge is 0.0613 e. The van der Waals surface area contributed by atoms with Crippen LogP contribution in [0.2, 0.25) is 0 Å². The first-order chi connectivity index (χ1) is 10.2. The van der Waals surface area contributed by atoms with Gasteiger partial charge in [-0.05, 0) is 51.4 Å². The average Bonchev–Trinajstić information content (AvgIpc) is 2.53. The molecule has 0 radical (unpaired) electrons. The van der Waals surface area contributed by atoms with E-state index in [9.17, 15) is 5.11 Å². The Morgan fingerprint density at radius 2 is 1.86 bits per heavy atom. The summed E-state index contributed by atoms with van der Waals surface area (Å²) < 4.78 is 0. The van der Waals surface area contributed by atoms with Crippen LogP contribution in [0.25, 0.3) is 0 Å². The Labute approximate surface area is 130 Å². The normalized spacial score (nSPS) is 14.3. The van der Waals surface area contributed by atoms with E-state index < -0.39 is 0 Å². The minimum Gasteiger partial charge on any atom is -0.394 e. The predicted molar refractivity (Wildman–Crippen MR) is 90.7 cm³/mol. The monoisotopic (exact) mass is 292 g/mol. The maximum Gasteiger partial charge on any atom is 0.0613 e. The molecule has 2 N–H and O–H groups in total. The molecular weight excluding hydrogens is 260 g/mol. The largest absolute Gasteiger partial charge is 0.394 e. The third kappa shape index (κ3) is 6.60. The number of hydrogen-bond acceptors (Lipinski definition) is 3. The van der Waals surface area contributed by atoms with Crippen molar-refractivity contribution in [1.29, 1.82) is 0 Å². The molecular formula is C18H32N2O. The van der Waals surface area contributed by atoms with Crippen LogP contribution in [0.1, 0.15) is 38.7 Å². The van der Waals surface area contributed by atoms with Crippen LogP contribution in [0.15, 0.2) is 30.3 Å². The van der Waals surface area contributed by atoms with E-state index in [2.05, 4.69) is 61.4 Å². The highest BCUT2D eigenvalue weighted by molar-refractivity contribution is 5.14. The van der Waals surface area contributed by atoms with E-state index in [0.29, 0.717) is 0 Å². The van der Waals surface area contributed by atoms with Gasteiger partial charge in [-0.25, -0.2) is 0 Å². The second-order valence-corrected chi connectivity index (χ2v) is 5.96. The van der Waals surface area contributed by atoms with Gasteiger partial charge in [-0.1, -0.05) is 44.2 Å². The average molecular weight is 292 g/mol. The van der Waals surface area contributed by atoms with Gasteiger partial charge in [0.25, 0.3) is 0 Å². The SMILES string of the molecule is CCNC(CC)(CO)CCCN(C)CCc1ccccc1. The number of rotatable bonds is 11. The van der Waals surface area contributed by atoms with Crippen molar-refractivity contribution in [3.63, 3.8) is 0 Å². The summed E-state index contributed by atoms with van der Waals surface area (Å²) in [5.41, 5.74) is 1.31. The van der Waals surface area contributed by atoms with E-state index in [1.165, 1.54) is 5.56 Å². The predicted octanol–water partition coefficient (Wildman–Crippen LogP) is 2.69. The Balaban J connectivity index is 2.27. The van der Waals surface area contributed by atoms with E-state index in [1.807, 2.05) is 0 Å². The van der Waals surface area contributed by atoms with Gasteiger partial charge in [-0.3, -0.25) is 0 Å². The van der Waals surface area contributed by atoms with Crippen LogP contribution in [-0.2, 0) is 6.42 Å². The highest BCUT2D eigenvalue weighted by Gasteiger charge is 2.25. The number of benzene rings is 1. The zero-order valence-electron chi connectivity index (χ0n) is 13.9. The van der Waals surface area contributed by atoms with Gasteiger partial charge >= 0.3 is 0 Å². The van der Waals surface area contributed by atoms with E-state index in [-0.39, 0.29) is 12.1 Å². The van der Waals surface area contributed by atoms with Gasteiger partial charge in [0.2, 0.25) is 0 Å². The van der Waals surface area contributed by atoms with Crippen molar-refractivity contribution in [3.8, 4) is 0 Å². The molecule has 3 nitrogen and oxygen atoms in total. The summed E-state index contributed by atoms with van der Waals surface area (Å²) in [6, 6.07) is 10.6. The highest BCUT2D eigenvalue weighted by atomic mass is 16.3. The van der Waals surface area contributed by atoms with Gasteiger partial charge in [0.15, 0.2) is 0 Å². The lowest BCUT2D eigenvalue weighted by Gasteiger charge is -2.32. The number of hydrogen-bond donors (Lipinski definition) is 2. The van der Waals surface area contributed by atoms with E-state index in [4.69, 9.17) is 0 Å². The molecule has 0 heterocycles. The minimum absolute atomic E-state index is 0.0883. The zero-order chi connectivity index (χ0) is 15.6. The Hall–Kier alpha value is -0.900. The summed E-state index contributed by atoms with van der Waals surface area (Å²) in [7, 11) is 2.18. The number of aliphatic hydroxyl groups is 1. The van der Waals surface area contributed by atoms with Crippen LogP contribution in [0.3, 0.4) is 0 Å². The van der Waals surface area contributed by atoms with Crippen molar-refractivity contribution in [3.05, 3.63) is 35.9 Å². The molecule has 0 aliphatic heterocycles. The van der Waals surface area contributed by atoms with Crippen LogP contribution in [0.5, 0.6) is 0 Å². The fourth-order valence-corrected chi connectivity index (χ4v) is 2.78. The van der Waals surface area contributed by atoms with Gasteiger partial charge < -0.3 is 15.3 Å². The van der Waals surface area contributed by atoms with Crippen LogP contribution in [-0.4, -0.2) is 48.8 Å². The molecule has 120 valence electrons. The maximum absolute atomic E-state index is 9.65. The molecule has 0 aliphatic carbocycles. The molecule has 0 spiro atoms. The summed E-state index contributed by atoms with van der Waals surface area (Å²) in [5.74, 6) is 0. The number of aliphatic hydroxyl groups excluding tert-OH is 1. The minimum atomic E-state index is -0.0883. The van der Waals surface area contributed by atoms with E-state index in [0.717, 1.165) is 45.3 Å². The second kappa shape index (κ2) is 9.93. The van der Waals surface area contributed by atoms with Gasteiger partial charge in [0, 0.05) is 12.1 Å². The molecule has 1 aromatic rings. The quantitative estimate of drug-likeness (QED) is 0.658. The van der Waals surface area contributed by atoms with E-state index in [1.54, 1.807) is 0 Å². The number of likely N-dealkylation sites (N-methyl/N-ethyl adjacent to an activating group) is 2. The Bertz CT molecular complexity index is 363. The van der Waals surface area contributed by atoms with Crippen molar-refractivity contribution >= 4 is 0 Å². The molecule has 1 unspecified atom stereocenters. The summed E-state index contributed by atoms with van der Waals surface area (Å²) in [6.07, 6.45) is 4.23. The first-order valence-corrected chi connectivity index (χ1v) is 8.24. The molecule has 0 aliphatic rings. The highest BCUT2D eigenvalue weighted by Crippen LogP contribution is 2.17. The second-order valence-electron chi connectivity index (χ2n) is 5.96. The molecule has 0 fully saturated rings. The first-order valence-electron chi connectivity index (χ1n) is 8.24. The molecule has 1 aromatic carbocycles. The Morgan fingerprint density at radius 1 is 1.14 bits per heavy atom. The molecule has 21 heavy (non-hydrogen) atoms. The van der Waals surface area contributed by atoms with E-state index >= 15 is 0 Å².